The van der Waals surface area contributed by atoms with E-state index < -0.39 is 0 Å². The molecule has 3 nitrogen and oxygen atoms in total. The maximum absolute atomic E-state index is 5.80. The van der Waals surface area contributed by atoms with Crippen LogP contribution in [0, 0.1) is 5.92 Å². The Morgan fingerprint density at radius 3 is 2.61 bits per heavy atom. The van der Waals surface area contributed by atoms with Crippen molar-refractivity contribution in [3.63, 3.8) is 0 Å². The fourth-order valence-corrected chi connectivity index (χ4v) is 2.67. The van der Waals surface area contributed by atoms with Gasteiger partial charge in [0.15, 0.2) is 0 Å². The Morgan fingerprint density at radius 2 is 2.11 bits per heavy atom. The fourth-order valence-electron chi connectivity index (χ4n) is 2.67. The lowest BCUT2D eigenvalue weighted by atomic mass is 9.94. The first-order valence-electron chi connectivity index (χ1n) is 7.14. The SMILES string of the molecule is CCC1CCN(c2ccc(CC(C)N)cn2)CC1. The molecule has 0 radical (unpaired) electrons. The maximum Gasteiger partial charge on any atom is 0.128 e. The van der Waals surface area contributed by atoms with Crippen molar-refractivity contribution >= 4 is 5.82 Å². The highest BCUT2D eigenvalue weighted by Crippen LogP contribution is 2.23. The van der Waals surface area contributed by atoms with E-state index >= 15 is 0 Å². The zero-order valence-electron chi connectivity index (χ0n) is 11.6. The molecule has 0 aromatic carbocycles. The smallest absolute Gasteiger partial charge is 0.128 e. The molecule has 1 atom stereocenters. The first kappa shape index (κ1) is 13.3. The van der Waals surface area contributed by atoms with Gasteiger partial charge in [-0.05, 0) is 43.7 Å². The zero-order valence-corrected chi connectivity index (χ0v) is 11.6. The molecule has 0 spiro atoms. The van der Waals surface area contributed by atoms with Gasteiger partial charge in [-0.3, -0.25) is 0 Å². The molecule has 1 aliphatic heterocycles. The maximum atomic E-state index is 5.80. The molecule has 0 bridgehead atoms. The van der Waals surface area contributed by atoms with Gasteiger partial charge in [-0.15, -0.1) is 0 Å². The third-order valence-corrected chi connectivity index (χ3v) is 3.88. The molecule has 0 aliphatic carbocycles. The van der Waals surface area contributed by atoms with Crippen molar-refractivity contribution in [1.29, 1.82) is 0 Å². The number of nitrogens with two attached hydrogens (primary N) is 1. The van der Waals surface area contributed by atoms with Gasteiger partial charge >= 0.3 is 0 Å². The Kier molecular flexibility index (Phi) is 4.59. The van der Waals surface area contributed by atoms with Crippen molar-refractivity contribution in [3.05, 3.63) is 23.9 Å². The highest BCUT2D eigenvalue weighted by atomic mass is 15.2. The standard InChI is InChI=1S/C15H25N3/c1-3-13-6-8-18(9-7-13)15-5-4-14(11-17-15)10-12(2)16/h4-5,11-13H,3,6-10,16H2,1-2H3. The number of anilines is 1. The first-order chi connectivity index (χ1) is 8.69. The van der Waals surface area contributed by atoms with E-state index in [9.17, 15) is 0 Å². The van der Waals surface area contributed by atoms with Gasteiger partial charge in [0.2, 0.25) is 0 Å². The van der Waals surface area contributed by atoms with Crippen molar-refractivity contribution in [2.24, 2.45) is 11.7 Å². The van der Waals surface area contributed by atoms with Crippen LogP contribution in [0.1, 0.15) is 38.7 Å². The van der Waals surface area contributed by atoms with Gasteiger partial charge in [0.05, 0.1) is 0 Å². The second-order valence-corrected chi connectivity index (χ2v) is 5.54. The molecular weight excluding hydrogens is 222 g/mol. The number of piperidine rings is 1. The summed E-state index contributed by atoms with van der Waals surface area (Å²) >= 11 is 0. The predicted molar refractivity (Wildman–Crippen MR) is 76.8 cm³/mol. The minimum absolute atomic E-state index is 0.206. The molecule has 100 valence electrons. The molecule has 1 fully saturated rings. The lowest BCUT2D eigenvalue weighted by molar-refractivity contribution is 0.394. The second-order valence-electron chi connectivity index (χ2n) is 5.54. The summed E-state index contributed by atoms with van der Waals surface area (Å²) in [5.74, 6) is 2.04. The molecule has 1 aromatic rings. The summed E-state index contributed by atoms with van der Waals surface area (Å²) in [5.41, 5.74) is 7.03. The Hall–Kier alpha value is -1.09. The van der Waals surface area contributed by atoms with Crippen molar-refractivity contribution in [2.75, 3.05) is 18.0 Å². The molecular formula is C15H25N3. The molecule has 2 heterocycles. The van der Waals surface area contributed by atoms with Crippen LogP contribution in [0.2, 0.25) is 0 Å². The van der Waals surface area contributed by atoms with Crippen LogP contribution < -0.4 is 10.6 Å². The minimum atomic E-state index is 0.206. The fraction of sp³-hybridized carbons (Fsp3) is 0.667. The normalized spacial score (nSPS) is 18.9. The minimum Gasteiger partial charge on any atom is -0.357 e. The second kappa shape index (κ2) is 6.19. The average molecular weight is 247 g/mol. The molecule has 0 saturated carbocycles. The van der Waals surface area contributed by atoms with Crippen LogP contribution in [0.4, 0.5) is 5.82 Å². The lowest BCUT2D eigenvalue weighted by Crippen LogP contribution is -2.34. The summed E-state index contributed by atoms with van der Waals surface area (Å²) in [5, 5.41) is 0. The Morgan fingerprint density at radius 1 is 1.39 bits per heavy atom. The third-order valence-electron chi connectivity index (χ3n) is 3.88. The van der Waals surface area contributed by atoms with Gasteiger partial charge in [-0.1, -0.05) is 19.4 Å². The molecule has 1 unspecified atom stereocenters. The van der Waals surface area contributed by atoms with E-state index in [0.29, 0.717) is 0 Å². The van der Waals surface area contributed by atoms with Gasteiger partial charge in [0, 0.05) is 25.3 Å². The number of hydrogen-bond acceptors (Lipinski definition) is 3. The Balaban J connectivity index is 1.93. The lowest BCUT2D eigenvalue weighted by Gasteiger charge is -2.32. The average Bonchev–Trinajstić information content (AvgIpc) is 2.39. The number of aromatic nitrogens is 1. The molecule has 1 aliphatic rings. The largest absolute Gasteiger partial charge is 0.357 e. The highest BCUT2D eigenvalue weighted by molar-refractivity contribution is 5.39. The van der Waals surface area contributed by atoms with Gasteiger partial charge < -0.3 is 10.6 Å². The third kappa shape index (κ3) is 3.45. The molecule has 3 heteroatoms. The van der Waals surface area contributed by atoms with Crippen LogP contribution >= 0.6 is 0 Å². The topological polar surface area (TPSA) is 42.1 Å². The Bertz CT molecular complexity index is 351. The van der Waals surface area contributed by atoms with E-state index in [1.165, 1.54) is 24.8 Å². The van der Waals surface area contributed by atoms with E-state index in [0.717, 1.165) is 31.2 Å². The van der Waals surface area contributed by atoms with Gasteiger partial charge in [0.1, 0.15) is 5.82 Å². The molecule has 2 N–H and O–H groups in total. The van der Waals surface area contributed by atoms with Crippen LogP contribution in [0.25, 0.3) is 0 Å². The summed E-state index contributed by atoms with van der Waals surface area (Å²) in [4.78, 5) is 6.98. The highest BCUT2D eigenvalue weighted by Gasteiger charge is 2.18. The van der Waals surface area contributed by atoms with Crippen LogP contribution in [-0.4, -0.2) is 24.1 Å². The van der Waals surface area contributed by atoms with Crippen LogP contribution in [-0.2, 0) is 6.42 Å². The van der Waals surface area contributed by atoms with E-state index in [1.54, 1.807) is 0 Å². The van der Waals surface area contributed by atoms with Crippen LogP contribution in [0.3, 0.4) is 0 Å². The molecule has 1 aromatic heterocycles. The number of rotatable bonds is 4. The summed E-state index contributed by atoms with van der Waals surface area (Å²) in [6.07, 6.45) is 6.81. The van der Waals surface area contributed by atoms with Crippen molar-refractivity contribution in [3.8, 4) is 0 Å². The molecule has 1 saturated heterocycles. The van der Waals surface area contributed by atoms with E-state index in [2.05, 4.69) is 28.9 Å². The summed E-state index contributed by atoms with van der Waals surface area (Å²) in [6, 6.07) is 4.51. The van der Waals surface area contributed by atoms with E-state index in [4.69, 9.17) is 5.73 Å². The summed E-state index contributed by atoms with van der Waals surface area (Å²) in [7, 11) is 0. The predicted octanol–water partition coefficient (Wildman–Crippen LogP) is 2.60. The van der Waals surface area contributed by atoms with Crippen molar-refractivity contribution in [1.82, 2.24) is 4.98 Å². The number of nitrogens with zero attached hydrogens (tertiary/aromatic N) is 2. The zero-order chi connectivity index (χ0) is 13.0. The van der Waals surface area contributed by atoms with Crippen LogP contribution in [0.5, 0.6) is 0 Å². The van der Waals surface area contributed by atoms with Crippen molar-refractivity contribution in [2.45, 2.75) is 45.6 Å². The van der Waals surface area contributed by atoms with Gasteiger partial charge in [-0.2, -0.15) is 0 Å². The summed E-state index contributed by atoms with van der Waals surface area (Å²) < 4.78 is 0. The van der Waals surface area contributed by atoms with E-state index in [1.807, 2.05) is 13.1 Å². The van der Waals surface area contributed by atoms with Crippen LogP contribution in [0.15, 0.2) is 18.3 Å². The number of pyridine rings is 1. The van der Waals surface area contributed by atoms with E-state index in [-0.39, 0.29) is 6.04 Å². The monoisotopic (exact) mass is 247 g/mol. The Labute approximate surface area is 110 Å². The molecule has 18 heavy (non-hydrogen) atoms. The summed E-state index contributed by atoms with van der Waals surface area (Å²) in [6.45, 7) is 6.63. The quantitative estimate of drug-likeness (QED) is 0.889. The van der Waals surface area contributed by atoms with Gasteiger partial charge in [0.25, 0.3) is 0 Å². The number of hydrogen-bond donors (Lipinski definition) is 1. The first-order valence-corrected chi connectivity index (χ1v) is 7.14. The molecule has 2 rings (SSSR count). The van der Waals surface area contributed by atoms with Gasteiger partial charge in [-0.25, -0.2) is 4.98 Å². The molecule has 0 amide bonds. The van der Waals surface area contributed by atoms with Crippen molar-refractivity contribution < 1.29 is 0 Å².